The number of fused-ring (bicyclic) bond motifs is 2. The van der Waals surface area contributed by atoms with Gasteiger partial charge >= 0.3 is 0 Å². The number of carbonyl (C=O) groups is 1. The third-order valence-corrected chi connectivity index (χ3v) is 7.33. The Morgan fingerprint density at radius 2 is 2.00 bits per heavy atom. The summed E-state index contributed by atoms with van der Waals surface area (Å²) in [6, 6.07) is 0. The van der Waals surface area contributed by atoms with Crippen LogP contribution in [0.3, 0.4) is 0 Å². The van der Waals surface area contributed by atoms with E-state index in [9.17, 15) is 10.0 Å². The molecule has 1 heterocycles. The normalized spacial score (nSPS) is 37.0. The Labute approximate surface area is 144 Å². The second-order valence-corrected chi connectivity index (χ2v) is 8.33. The van der Waals surface area contributed by atoms with Crippen molar-refractivity contribution in [3.05, 3.63) is 0 Å². The smallest absolute Gasteiger partial charge is 0.227 e. The van der Waals surface area contributed by atoms with Crippen LogP contribution in [0, 0.1) is 16.2 Å². The van der Waals surface area contributed by atoms with E-state index < -0.39 is 5.41 Å². The topological polar surface area (TPSA) is 74.2 Å². The monoisotopic (exact) mass is 337 g/mol. The minimum Gasteiger partial charge on any atom is -0.411 e. The molecule has 6 heteroatoms. The van der Waals surface area contributed by atoms with Crippen molar-refractivity contribution < 1.29 is 14.7 Å². The van der Waals surface area contributed by atoms with Gasteiger partial charge in [-0.15, -0.1) is 0 Å². The fraction of sp³-hybridized carbons (Fsp3) is 0.889. The van der Waals surface area contributed by atoms with Gasteiger partial charge in [-0.05, 0) is 31.2 Å². The summed E-state index contributed by atoms with van der Waals surface area (Å²) in [5.41, 5.74) is 0.00704. The van der Waals surface area contributed by atoms with Gasteiger partial charge in [0.1, 0.15) is 0 Å². The molecule has 0 aromatic heterocycles. The lowest BCUT2D eigenvalue weighted by Gasteiger charge is -2.39. The minimum atomic E-state index is -0.428. The number of ether oxygens (including phenoxy) is 1. The van der Waals surface area contributed by atoms with Crippen molar-refractivity contribution in [2.24, 2.45) is 21.4 Å². The van der Waals surface area contributed by atoms with Crippen molar-refractivity contribution in [1.29, 1.82) is 0 Å². The van der Waals surface area contributed by atoms with E-state index in [4.69, 9.17) is 4.74 Å². The summed E-state index contributed by atoms with van der Waals surface area (Å²) in [5.74, 6) is 0.136. The first-order valence-corrected chi connectivity index (χ1v) is 9.17. The lowest BCUT2D eigenvalue weighted by atomic mass is 9.64. The maximum Gasteiger partial charge on any atom is 0.227 e. The zero-order valence-corrected chi connectivity index (χ0v) is 15.2. The van der Waals surface area contributed by atoms with Crippen LogP contribution < -0.4 is 5.32 Å². The molecule has 0 aromatic carbocycles. The molecule has 2 unspecified atom stereocenters. The second kappa shape index (κ2) is 6.30. The molecule has 3 aliphatic rings. The number of nitrogens with one attached hydrogen (secondary N) is 1. The number of carbonyl (C=O) groups excluding carboxylic acids is 1. The van der Waals surface area contributed by atoms with E-state index in [1.165, 1.54) is 0 Å². The standard InChI is InChI=1S/C18H31N3O3/c1-16(2)17(3)5-6-18(16,13-14(17)20-23)15(22)19-7-4-8-21-9-11-24-12-10-21/h23H,4-13H2,1-3H3,(H,19,22)/b20-14+. The average molecular weight is 337 g/mol. The Kier molecular flexibility index (Phi) is 4.64. The molecule has 24 heavy (non-hydrogen) atoms. The largest absolute Gasteiger partial charge is 0.411 e. The SMILES string of the molecule is CC12CCC(C(=O)NCCCN3CCOCC3)(C/C1=N\O)C2(C)C. The Morgan fingerprint density at radius 1 is 1.29 bits per heavy atom. The van der Waals surface area contributed by atoms with E-state index in [0.717, 1.165) is 57.8 Å². The van der Waals surface area contributed by atoms with Crippen LogP contribution in [-0.2, 0) is 9.53 Å². The number of amides is 1. The Balaban J connectivity index is 1.57. The summed E-state index contributed by atoms with van der Waals surface area (Å²) in [6.45, 7) is 11.8. The summed E-state index contributed by atoms with van der Waals surface area (Å²) in [4.78, 5) is 15.4. The van der Waals surface area contributed by atoms with Gasteiger partial charge in [-0.2, -0.15) is 0 Å². The molecule has 3 fully saturated rings. The number of rotatable bonds is 5. The van der Waals surface area contributed by atoms with Crippen molar-refractivity contribution in [1.82, 2.24) is 10.2 Å². The number of morpholine rings is 1. The van der Waals surface area contributed by atoms with Crippen LogP contribution in [0.2, 0.25) is 0 Å². The van der Waals surface area contributed by atoms with Gasteiger partial charge in [-0.1, -0.05) is 25.9 Å². The molecular weight excluding hydrogens is 306 g/mol. The number of nitrogens with zero attached hydrogens (tertiary/aromatic N) is 2. The van der Waals surface area contributed by atoms with Crippen molar-refractivity contribution in [2.45, 2.75) is 46.5 Å². The molecule has 136 valence electrons. The van der Waals surface area contributed by atoms with Gasteiger partial charge < -0.3 is 15.3 Å². The van der Waals surface area contributed by atoms with Gasteiger partial charge in [0.25, 0.3) is 0 Å². The Morgan fingerprint density at radius 3 is 2.62 bits per heavy atom. The number of oxime groups is 1. The molecule has 2 atom stereocenters. The predicted molar refractivity (Wildman–Crippen MR) is 92.3 cm³/mol. The van der Waals surface area contributed by atoms with Gasteiger partial charge in [-0.25, -0.2) is 0 Å². The van der Waals surface area contributed by atoms with Gasteiger partial charge in [0.15, 0.2) is 0 Å². The summed E-state index contributed by atoms with van der Waals surface area (Å²) < 4.78 is 5.35. The van der Waals surface area contributed by atoms with Crippen LogP contribution in [0.1, 0.15) is 46.5 Å². The van der Waals surface area contributed by atoms with E-state index in [1.807, 2.05) is 0 Å². The molecule has 2 saturated carbocycles. The Hall–Kier alpha value is -1.14. The molecule has 0 spiro atoms. The molecule has 0 radical (unpaired) electrons. The molecule has 0 aromatic rings. The van der Waals surface area contributed by atoms with E-state index in [2.05, 4.69) is 36.1 Å². The van der Waals surface area contributed by atoms with Crippen molar-refractivity contribution in [2.75, 3.05) is 39.4 Å². The van der Waals surface area contributed by atoms with E-state index in [1.54, 1.807) is 0 Å². The predicted octanol–water partition coefficient (Wildman–Crippen LogP) is 1.87. The minimum absolute atomic E-state index is 0.136. The second-order valence-electron chi connectivity index (χ2n) is 8.33. The van der Waals surface area contributed by atoms with Crippen LogP contribution in [0.25, 0.3) is 0 Å². The van der Waals surface area contributed by atoms with E-state index in [-0.39, 0.29) is 16.7 Å². The zero-order chi connectivity index (χ0) is 17.4. The van der Waals surface area contributed by atoms with Crippen molar-refractivity contribution >= 4 is 11.6 Å². The quantitative estimate of drug-likeness (QED) is 0.456. The zero-order valence-electron chi connectivity index (χ0n) is 15.2. The molecule has 2 aliphatic carbocycles. The first-order chi connectivity index (χ1) is 11.4. The average Bonchev–Trinajstić information content (AvgIpc) is 2.89. The first kappa shape index (κ1) is 17.7. The molecule has 3 rings (SSSR count). The molecular formula is C18H31N3O3. The van der Waals surface area contributed by atoms with Crippen LogP contribution in [0.15, 0.2) is 5.16 Å². The fourth-order valence-electron chi connectivity index (χ4n) is 5.03. The summed E-state index contributed by atoms with van der Waals surface area (Å²) in [5, 5.41) is 16.1. The van der Waals surface area contributed by atoms with Crippen LogP contribution in [0.5, 0.6) is 0 Å². The highest BCUT2D eigenvalue weighted by Crippen LogP contribution is 2.70. The lowest BCUT2D eigenvalue weighted by Crippen LogP contribution is -2.47. The fourth-order valence-corrected chi connectivity index (χ4v) is 5.03. The molecule has 1 aliphatic heterocycles. The maximum atomic E-state index is 13.0. The molecule has 6 nitrogen and oxygen atoms in total. The van der Waals surface area contributed by atoms with Gasteiger partial charge in [0.05, 0.1) is 24.3 Å². The summed E-state index contributed by atoms with van der Waals surface area (Å²) in [7, 11) is 0. The number of hydrogen-bond donors (Lipinski definition) is 2. The third-order valence-electron chi connectivity index (χ3n) is 7.33. The first-order valence-electron chi connectivity index (χ1n) is 9.17. The summed E-state index contributed by atoms with van der Waals surface area (Å²) in [6.07, 6.45) is 3.34. The van der Waals surface area contributed by atoms with Gasteiger partial charge in [-0.3, -0.25) is 9.69 Å². The highest BCUT2D eigenvalue weighted by atomic mass is 16.5. The van der Waals surface area contributed by atoms with Crippen LogP contribution >= 0.6 is 0 Å². The highest BCUT2D eigenvalue weighted by molar-refractivity contribution is 6.02. The van der Waals surface area contributed by atoms with Crippen LogP contribution in [-0.4, -0.2) is 61.1 Å². The number of hydrogen-bond acceptors (Lipinski definition) is 5. The van der Waals surface area contributed by atoms with Crippen molar-refractivity contribution in [3.8, 4) is 0 Å². The van der Waals surface area contributed by atoms with E-state index >= 15 is 0 Å². The van der Waals surface area contributed by atoms with E-state index in [0.29, 0.717) is 13.0 Å². The lowest BCUT2D eigenvalue weighted by molar-refractivity contribution is -0.135. The molecule has 2 bridgehead atoms. The maximum absolute atomic E-state index is 13.0. The van der Waals surface area contributed by atoms with Crippen LogP contribution in [0.4, 0.5) is 0 Å². The highest BCUT2D eigenvalue weighted by Gasteiger charge is 2.71. The Bertz CT molecular complexity index is 528. The van der Waals surface area contributed by atoms with Gasteiger partial charge in [0.2, 0.25) is 5.91 Å². The van der Waals surface area contributed by atoms with Crippen molar-refractivity contribution in [3.63, 3.8) is 0 Å². The molecule has 1 saturated heterocycles. The van der Waals surface area contributed by atoms with Gasteiger partial charge in [0, 0.05) is 31.5 Å². The molecule has 1 amide bonds. The summed E-state index contributed by atoms with van der Waals surface area (Å²) >= 11 is 0. The third kappa shape index (κ3) is 2.46. The molecule has 2 N–H and O–H groups in total.